The number of aliphatic imine (C=N–C) groups is 1. The summed E-state index contributed by atoms with van der Waals surface area (Å²) < 4.78 is 2.06. The Labute approximate surface area is 276 Å². The number of rotatable bonds is 6. The molecule has 0 bridgehead atoms. The van der Waals surface area contributed by atoms with Crippen molar-refractivity contribution in [3.8, 4) is 16.8 Å². The number of carboxylic acid groups (broad SMARTS) is 1. The van der Waals surface area contributed by atoms with E-state index in [4.69, 9.17) is 22.3 Å². The number of likely N-dealkylation sites (tertiary alicyclic amines) is 1. The van der Waals surface area contributed by atoms with Crippen LogP contribution in [0.1, 0.15) is 74.4 Å². The van der Waals surface area contributed by atoms with E-state index >= 15 is 0 Å². The van der Waals surface area contributed by atoms with Gasteiger partial charge in [-0.1, -0.05) is 35.6 Å². The molecular formula is C34H34ClN7O3S. The molecule has 1 amide bonds. The van der Waals surface area contributed by atoms with Crippen molar-refractivity contribution in [1.29, 1.82) is 0 Å². The maximum atomic E-state index is 13.8. The summed E-state index contributed by atoms with van der Waals surface area (Å²) in [7, 11) is 0. The minimum atomic E-state index is -1.03. The van der Waals surface area contributed by atoms with Crippen molar-refractivity contribution < 1.29 is 14.7 Å². The van der Waals surface area contributed by atoms with Crippen LogP contribution in [0.2, 0.25) is 5.02 Å². The summed E-state index contributed by atoms with van der Waals surface area (Å²) in [6, 6.07) is 12.3. The van der Waals surface area contributed by atoms with Gasteiger partial charge in [0, 0.05) is 51.4 Å². The number of carboxylic acids is 1. The molecule has 4 N–H and O–H groups in total. The fourth-order valence-corrected chi connectivity index (χ4v) is 7.35. The molecule has 12 heteroatoms. The lowest BCUT2D eigenvalue weighted by Crippen LogP contribution is -2.42. The molecule has 0 saturated carbocycles. The van der Waals surface area contributed by atoms with Gasteiger partial charge in [-0.15, -0.1) is 21.5 Å². The van der Waals surface area contributed by atoms with Gasteiger partial charge in [-0.25, -0.2) is 4.79 Å². The van der Waals surface area contributed by atoms with Gasteiger partial charge in [0.15, 0.2) is 5.82 Å². The third-order valence-corrected chi connectivity index (χ3v) is 9.96. The summed E-state index contributed by atoms with van der Waals surface area (Å²) >= 11 is 7.91. The smallest absolute Gasteiger partial charge is 0.336 e. The molecule has 0 radical (unpaired) electrons. The lowest BCUT2D eigenvalue weighted by molar-refractivity contribution is -0.132. The average molecular weight is 656 g/mol. The third-order valence-electron chi connectivity index (χ3n) is 8.52. The van der Waals surface area contributed by atoms with Crippen LogP contribution in [0.15, 0.2) is 47.5 Å². The van der Waals surface area contributed by atoms with Gasteiger partial charge in [0.25, 0.3) is 0 Å². The van der Waals surface area contributed by atoms with Gasteiger partial charge in [-0.2, -0.15) is 0 Å². The number of halogens is 1. The average Bonchev–Trinajstić information content (AvgIpc) is 3.52. The van der Waals surface area contributed by atoms with Crippen LogP contribution in [0, 0.1) is 32.6 Å². The van der Waals surface area contributed by atoms with Crippen LogP contribution < -0.4 is 11.1 Å². The summed E-state index contributed by atoms with van der Waals surface area (Å²) in [4.78, 5) is 33.7. The molecule has 0 aliphatic carbocycles. The molecule has 2 aromatic heterocycles. The van der Waals surface area contributed by atoms with Crippen molar-refractivity contribution in [2.45, 2.75) is 52.1 Å². The SMILES string of the molecule is Cc1sc2c(c1C)C(c1ccc(Cl)cc1)=N[C@@H](CC(=O)N1CCC(Nc3ccc(C(=O)O)c(C#CCN)c3)CC1)c1nnc(C)n1-2. The molecule has 2 aliphatic heterocycles. The van der Waals surface area contributed by atoms with Crippen molar-refractivity contribution in [3.05, 3.63) is 91.8 Å². The quantitative estimate of drug-likeness (QED) is 0.240. The fourth-order valence-electron chi connectivity index (χ4n) is 6.01. The Morgan fingerprint density at radius 1 is 1.11 bits per heavy atom. The maximum Gasteiger partial charge on any atom is 0.336 e. The van der Waals surface area contributed by atoms with Crippen LogP contribution in [-0.2, 0) is 4.79 Å². The van der Waals surface area contributed by atoms with Crippen LogP contribution in [0.3, 0.4) is 0 Å². The number of hydrogen-bond acceptors (Lipinski definition) is 8. The highest BCUT2D eigenvalue weighted by Gasteiger charge is 2.34. The summed E-state index contributed by atoms with van der Waals surface area (Å²) in [6.45, 7) is 7.45. The van der Waals surface area contributed by atoms with E-state index in [0.717, 1.165) is 51.8 Å². The third kappa shape index (κ3) is 6.16. The summed E-state index contributed by atoms with van der Waals surface area (Å²) in [5.41, 5.74) is 10.8. The molecule has 1 atom stereocenters. The minimum Gasteiger partial charge on any atom is -0.478 e. The van der Waals surface area contributed by atoms with Crippen LogP contribution in [0.5, 0.6) is 0 Å². The molecule has 2 aromatic carbocycles. The van der Waals surface area contributed by atoms with Gasteiger partial charge in [0.1, 0.15) is 16.9 Å². The molecule has 1 saturated heterocycles. The van der Waals surface area contributed by atoms with E-state index in [1.807, 2.05) is 36.1 Å². The zero-order valence-corrected chi connectivity index (χ0v) is 27.4. The number of piperidine rings is 1. The van der Waals surface area contributed by atoms with Gasteiger partial charge in [0.2, 0.25) is 5.91 Å². The zero-order valence-electron chi connectivity index (χ0n) is 25.8. The summed E-state index contributed by atoms with van der Waals surface area (Å²) in [6.07, 6.45) is 1.65. The number of nitrogens with one attached hydrogen (secondary N) is 1. The first kappa shape index (κ1) is 31.5. The molecular weight excluding hydrogens is 622 g/mol. The highest BCUT2D eigenvalue weighted by atomic mass is 35.5. The second-order valence-corrected chi connectivity index (χ2v) is 13.1. The van der Waals surface area contributed by atoms with Crippen molar-refractivity contribution in [1.82, 2.24) is 19.7 Å². The van der Waals surface area contributed by atoms with Crippen LogP contribution >= 0.6 is 22.9 Å². The molecule has 0 spiro atoms. The van der Waals surface area contributed by atoms with E-state index in [1.54, 1.807) is 29.5 Å². The minimum absolute atomic E-state index is 0.0122. The Morgan fingerprint density at radius 3 is 2.54 bits per heavy atom. The van der Waals surface area contributed by atoms with Gasteiger partial charge in [-0.05, 0) is 69.5 Å². The van der Waals surface area contributed by atoms with E-state index in [-0.39, 0.29) is 30.5 Å². The maximum absolute atomic E-state index is 13.8. The van der Waals surface area contributed by atoms with E-state index in [0.29, 0.717) is 29.5 Å². The molecule has 0 unspecified atom stereocenters. The van der Waals surface area contributed by atoms with E-state index in [9.17, 15) is 14.7 Å². The molecule has 6 rings (SSSR count). The first-order valence-electron chi connectivity index (χ1n) is 15.1. The van der Waals surface area contributed by atoms with E-state index in [2.05, 4.69) is 45.8 Å². The number of anilines is 1. The Balaban J connectivity index is 1.21. The zero-order chi connectivity index (χ0) is 32.5. The number of benzene rings is 2. The van der Waals surface area contributed by atoms with Crippen LogP contribution in [0.4, 0.5) is 5.69 Å². The lowest BCUT2D eigenvalue weighted by atomic mass is 9.99. The second kappa shape index (κ2) is 13.1. The number of aromatic nitrogens is 3. The molecule has 2 aliphatic rings. The molecule has 1 fully saturated rings. The van der Waals surface area contributed by atoms with Crippen molar-refractivity contribution >= 4 is 46.2 Å². The molecule has 4 aromatic rings. The number of hydrogen-bond donors (Lipinski definition) is 3. The largest absolute Gasteiger partial charge is 0.478 e. The molecule has 236 valence electrons. The Bertz CT molecular complexity index is 1910. The van der Waals surface area contributed by atoms with E-state index < -0.39 is 12.0 Å². The normalized spacial score (nSPS) is 16.1. The molecule has 4 heterocycles. The predicted molar refractivity (Wildman–Crippen MR) is 180 cm³/mol. The molecule has 46 heavy (non-hydrogen) atoms. The van der Waals surface area contributed by atoms with Gasteiger partial charge < -0.3 is 21.1 Å². The standard InChI is InChI=1S/C34H34ClN7O3S/c1-19-20(2)46-33-30(19)31(22-6-8-24(35)9-7-22)38-28(32-40-39-21(3)42(32)33)18-29(43)41-15-12-25(13-16-41)37-26-10-11-27(34(44)45)23(17-26)5-4-14-36/h6-11,17,25,28,37H,12-16,18,36H2,1-3H3,(H,44,45)/t28-/m0/s1. The number of amides is 1. The first-order valence-corrected chi connectivity index (χ1v) is 16.3. The Morgan fingerprint density at radius 2 is 1.85 bits per heavy atom. The fraction of sp³-hybridized carbons (Fsp3) is 0.324. The Hall–Kier alpha value is -4.50. The number of nitrogens with two attached hydrogens (primary N) is 1. The van der Waals surface area contributed by atoms with Crippen molar-refractivity contribution in [3.63, 3.8) is 0 Å². The van der Waals surface area contributed by atoms with Crippen molar-refractivity contribution in [2.75, 3.05) is 25.0 Å². The highest BCUT2D eigenvalue weighted by Crippen LogP contribution is 2.40. The van der Waals surface area contributed by atoms with Crippen molar-refractivity contribution in [2.24, 2.45) is 10.7 Å². The summed E-state index contributed by atoms with van der Waals surface area (Å²) in [5, 5.41) is 23.6. The number of aryl methyl sites for hydroxylation is 2. The number of thiophene rings is 1. The highest BCUT2D eigenvalue weighted by molar-refractivity contribution is 7.15. The predicted octanol–water partition coefficient (Wildman–Crippen LogP) is 5.30. The Kier molecular flexibility index (Phi) is 8.95. The number of carbonyl (C=O) groups is 2. The first-order chi connectivity index (χ1) is 22.1. The number of aromatic carboxylic acids is 1. The summed E-state index contributed by atoms with van der Waals surface area (Å²) in [5.74, 6) is 5.98. The van der Waals surface area contributed by atoms with E-state index in [1.165, 1.54) is 4.88 Å². The number of carbonyl (C=O) groups excluding carboxylic acids is 1. The molecule has 10 nitrogen and oxygen atoms in total. The topological polar surface area (TPSA) is 139 Å². The van der Waals surface area contributed by atoms with Crippen LogP contribution in [-0.4, -0.2) is 68.0 Å². The van der Waals surface area contributed by atoms with Crippen LogP contribution in [0.25, 0.3) is 5.00 Å². The van der Waals surface area contributed by atoms with Gasteiger partial charge >= 0.3 is 5.97 Å². The van der Waals surface area contributed by atoms with Gasteiger partial charge in [0.05, 0.1) is 24.2 Å². The number of nitrogens with zero attached hydrogens (tertiary/aromatic N) is 5. The number of fused-ring (bicyclic) bond motifs is 3. The lowest BCUT2D eigenvalue weighted by Gasteiger charge is -2.33. The monoisotopic (exact) mass is 655 g/mol. The van der Waals surface area contributed by atoms with Gasteiger partial charge in [-0.3, -0.25) is 14.4 Å². The second-order valence-electron chi connectivity index (χ2n) is 11.5.